The second-order valence-electron chi connectivity index (χ2n) is 12.3. The summed E-state index contributed by atoms with van der Waals surface area (Å²) in [6.07, 6.45) is 2.15. The van der Waals surface area contributed by atoms with E-state index in [2.05, 4.69) is 0 Å². The number of halogens is 2. The van der Waals surface area contributed by atoms with Crippen LogP contribution in [-0.4, -0.2) is 45.9 Å². The molecule has 2 heterocycles. The van der Waals surface area contributed by atoms with E-state index < -0.39 is 71.6 Å². The third-order valence-corrected chi connectivity index (χ3v) is 10.4. The Kier molecular flexibility index (Phi) is 6.77. The van der Waals surface area contributed by atoms with Crippen molar-refractivity contribution < 1.29 is 38.7 Å². The van der Waals surface area contributed by atoms with Crippen LogP contribution in [0.1, 0.15) is 31.2 Å². The SMILES string of the molecule is CC12C(=O)N(c3ccc(F)c(Cl)c3)C(=O)C1CC1C(=CCC3C(=O)N(c4cccc(B(O)O)c4)C(=O)C31)C2c1ccccc1O. The van der Waals surface area contributed by atoms with Crippen molar-refractivity contribution in [2.24, 2.45) is 29.1 Å². The molecule has 2 aliphatic carbocycles. The number of hydrogen-bond acceptors (Lipinski definition) is 7. The van der Waals surface area contributed by atoms with E-state index in [-0.39, 0.29) is 40.5 Å². The highest BCUT2D eigenvalue weighted by Gasteiger charge is 2.68. The number of imide groups is 2. The summed E-state index contributed by atoms with van der Waals surface area (Å²) in [4.78, 5) is 58.6. The van der Waals surface area contributed by atoms with Crippen LogP contribution in [0.4, 0.5) is 15.8 Å². The van der Waals surface area contributed by atoms with Crippen LogP contribution in [-0.2, 0) is 19.2 Å². The Balaban J connectivity index is 1.35. The van der Waals surface area contributed by atoms with Crippen molar-refractivity contribution in [1.82, 2.24) is 0 Å². The van der Waals surface area contributed by atoms with Gasteiger partial charge in [0.2, 0.25) is 23.6 Å². The Bertz CT molecular complexity index is 1850. The summed E-state index contributed by atoms with van der Waals surface area (Å²) < 4.78 is 14.0. The molecule has 6 atom stereocenters. The molecule has 7 rings (SSSR count). The second kappa shape index (κ2) is 10.4. The summed E-state index contributed by atoms with van der Waals surface area (Å²) in [7, 11) is -1.80. The summed E-state index contributed by atoms with van der Waals surface area (Å²) in [5, 5.41) is 30.2. The molecule has 6 unspecified atom stereocenters. The molecule has 12 heteroatoms. The Morgan fingerprint density at radius 2 is 1.62 bits per heavy atom. The number of para-hydroxylation sites is 1. The number of allylic oxidation sites excluding steroid dienone is 2. The molecule has 9 nitrogen and oxygen atoms in total. The van der Waals surface area contributed by atoms with E-state index in [0.29, 0.717) is 11.1 Å². The number of anilines is 2. The van der Waals surface area contributed by atoms with Gasteiger partial charge in [0.05, 0.1) is 39.6 Å². The zero-order valence-electron chi connectivity index (χ0n) is 23.9. The molecule has 0 aromatic heterocycles. The smallest absolute Gasteiger partial charge is 0.488 e. The molecule has 4 aliphatic rings. The van der Waals surface area contributed by atoms with Gasteiger partial charge in [0, 0.05) is 11.5 Å². The molecule has 2 aliphatic heterocycles. The molecule has 1 saturated carbocycles. The minimum Gasteiger partial charge on any atom is -0.508 e. The molecule has 2 saturated heterocycles. The van der Waals surface area contributed by atoms with Gasteiger partial charge in [-0.1, -0.05) is 53.6 Å². The van der Waals surface area contributed by atoms with Crippen LogP contribution in [0.25, 0.3) is 0 Å². The van der Waals surface area contributed by atoms with Gasteiger partial charge in [-0.25, -0.2) is 9.29 Å². The summed E-state index contributed by atoms with van der Waals surface area (Å²) in [6, 6.07) is 16.1. The molecule has 3 aromatic carbocycles. The van der Waals surface area contributed by atoms with Crippen molar-refractivity contribution in [2.75, 3.05) is 9.80 Å². The molecular weight excluding hydrogens is 602 g/mol. The summed E-state index contributed by atoms with van der Waals surface area (Å²) in [5.74, 6) is -6.73. The van der Waals surface area contributed by atoms with Crippen molar-refractivity contribution in [2.45, 2.75) is 25.7 Å². The third kappa shape index (κ3) is 4.14. The van der Waals surface area contributed by atoms with Gasteiger partial charge in [-0.15, -0.1) is 0 Å². The van der Waals surface area contributed by atoms with E-state index in [0.717, 1.165) is 15.9 Å². The lowest BCUT2D eigenvalue weighted by Gasteiger charge is -2.49. The molecule has 0 bridgehead atoms. The van der Waals surface area contributed by atoms with Gasteiger partial charge in [-0.2, -0.15) is 0 Å². The lowest BCUT2D eigenvalue weighted by molar-refractivity contribution is -0.131. The van der Waals surface area contributed by atoms with Gasteiger partial charge in [0.15, 0.2) is 0 Å². The molecule has 0 radical (unpaired) electrons. The molecule has 3 N–H and O–H groups in total. The highest BCUT2D eigenvalue weighted by Crippen LogP contribution is 2.64. The number of rotatable bonds is 4. The molecule has 228 valence electrons. The standard InChI is InChI=1S/C33H27BClFN2O7/c1-33-23(30(41)38(32(33)43)18-9-12-25(36)24(35)14-18)15-22-19(28(33)20-7-2-3-8-26(20)39)10-11-21-27(22)31(42)37(29(21)40)17-6-4-5-16(13-17)34(44)45/h2-10,12-14,21-23,27-28,39,44-45H,11,15H2,1H3. The maximum Gasteiger partial charge on any atom is 0.488 e. The van der Waals surface area contributed by atoms with E-state index in [4.69, 9.17) is 11.6 Å². The Morgan fingerprint density at radius 1 is 0.889 bits per heavy atom. The highest BCUT2D eigenvalue weighted by atomic mass is 35.5. The van der Waals surface area contributed by atoms with Crippen molar-refractivity contribution >= 4 is 59.2 Å². The van der Waals surface area contributed by atoms with Crippen molar-refractivity contribution in [3.8, 4) is 5.75 Å². The monoisotopic (exact) mass is 628 g/mol. The van der Waals surface area contributed by atoms with Crippen molar-refractivity contribution in [1.29, 1.82) is 0 Å². The first-order valence-corrected chi connectivity index (χ1v) is 15.0. The summed E-state index contributed by atoms with van der Waals surface area (Å²) >= 11 is 6.03. The number of aromatic hydroxyl groups is 1. The van der Waals surface area contributed by atoms with Gasteiger partial charge < -0.3 is 15.2 Å². The molecule has 3 aromatic rings. The van der Waals surface area contributed by atoms with E-state index in [1.165, 1.54) is 36.4 Å². The number of phenols is 1. The fourth-order valence-electron chi connectivity index (χ4n) is 8.04. The zero-order chi connectivity index (χ0) is 31.9. The van der Waals surface area contributed by atoms with Crippen molar-refractivity contribution in [3.63, 3.8) is 0 Å². The van der Waals surface area contributed by atoms with Gasteiger partial charge >= 0.3 is 7.12 Å². The van der Waals surface area contributed by atoms with E-state index in [1.807, 2.05) is 6.08 Å². The number of nitrogens with zero attached hydrogens (tertiary/aromatic N) is 2. The quantitative estimate of drug-likeness (QED) is 0.229. The summed E-state index contributed by atoms with van der Waals surface area (Å²) in [6.45, 7) is 1.68. The number of carbonyl (C=O) groups excluding carboxylic acids is 4. The largest absolute Gasteiger partial charge is 0.508 e. The van der Waals surface area contributed by atoms with Gasteiger partial charge in [0.25, 0.3) is 0 Å². The number of phenolic OH excluding ortho intramolecular Hbond substituents is 1. The lowest BCUT2D eigenvalue weighted by atomic mass is 9.51. The molecule has 0 spiro atoms. The van der Waals surface area contributed by atoms with Crippen LogP contribution in [0.15, 0.2) is 78.4 Å². The number of hydrogen-bond donors (Lipinski definition) is 3. The Hall–Kier alpha value is -4.32. The first-order chi connectivity index (χ1) is 21.4. The number of carbonyl (C=O) groups is 4. The fourth-order valence-corrected chi connectivity index (χ4v) is 8.21. The molecule has 45 heavy (non-hydrogen) atoms. The van der Waals surface area contributed by atoms with Crippen LogP contribution >= 0.6 is 11.6 Å². The van der Waals surface area contributed by atoms with Crippen LogP contribution in [0.5, 0.6) is 5.75 Å². The summed E-state index contributed by atoms with van der Waals surface area (Å²) in [5.41, 5.74) is 0.157. The number of benzene rings is 3. The van der Waals surface area contributed by atoms with Gasteiger partial charge in [0.1, 0.15) is 11.6 Å². The number of amides is 4. The first-order valence-electron chi connectivity index (χ1n) is 14.6. The topological polar surface area (TPSA) is 135 Å². The predicted octanol–water partition coefficient (Wildman–Crippen LogP) is 3.30. The minimum absolute atomic E-state index is 0.0792. The average Bonchev–Trinajstić information content (AvgIpc) is 3.38. The Labute approximate surface area is 262 Å². The van der Waals surface area contributed by atoms with Gasteiger partial charge in [-0.3, -0.25) is 24.1 Å². The van der Waals surface area contributed by atoms with Crippen LogP contribution in [0.3, 0.4) is 0 Å². The van der Waals surface area contributed by atoms with Gasteiger partial charge in [-0.05, 0) is 67.5 Å². The zero-order valence-corrected chi connectivity index (χ0v) is 24.7. The van der Waals surface area contributed by atoms with Crippen LogP contribution in [0.2, 0.25) is 5.02 Å². The predicted molar refractivity (Wildman–Crippen MR) is 163 cm³/mol. The molecular formula is C33H27BClFN2O7. The first kappa shape index (κ1) is 29.4. The normalized spacial score (nSPS) is 29.0. The maximum absolute atomic E-state index is 14.4. The van der Waals surface area contributed by atoms with E-state index >= 15 is 0 Å². The Morgan fingerprint density at radius 3 is 2.33 bits per heavy atom. The maximum atomic E-state index is 14.4. The minimum atomic E-state index is -1.80. The third-order valence-electron chi connectivity index (χ3n) is 10.1. The van der Waals surface area contributed by atoms with Crippen LogP contribution < -0.4 is 15.3 Å². The van der Waals surface area contributed by atoms with Crippen molar-refractivity contribution in [3.05, 3.63) is 94.8 Å². The highest BCUT2D eigenvalue weighted by molar-refractivity contribution is 6.58. The molecule has 3 fully saturated rings. The van der Waals surface area contributed by atoms with E-state index in [1.54, 1.807) is 31.2 Å². The molecule has 4 amide bonds. The van der Waals surface area contributed by atoms with Crippen LogP contribution in [0, 0.1) is 34.9 Å². The number of fused-ring (bicyclic) bond motifs is 4. The van der Waals surface area contributed by atoms with E-state index in [9.17, 15) is 38.7 Å². The lowest BCUT2D eigenvalue weighted by Crippen LogP contribution is -2.48. The second-order valence-corrected chi connectivity index (χ2v) is 12.7. The fraction of sp³-hybridized carbons (Fsp3) is 0.273. The average molecular weight is 629 g/mol.